The Morgan fingerprint density at radius 1 is 0.471 bits per heavy atom. The monoisotopic (exact) mass is 945 g/mol. The Morgan fingerprint density at radius 2 is 0.765 bits per heavy atom. The lowest BCUT2D eigenvalue weighted by Gasteiger charge is -2.49. The molecule has 0 amide bonds. The second-order valence-electron chi connectivity index (χ2n) is 2.77. The van der Waals surface area contributed by atoms with Gasteiger partial charge in [0.25, 0.3) is 0 Å². The van der Waals surface area contributed by atoms with E-state index >= 15 is 0 Å². The van der Waals surface area contributed by atoms with Gasteiger partial charge in [-0.25, -0.2) is 0 Å². The first kappa shape index (κ1) is 22.2. The van der Waals surface area contributed by atoms with Crippen LogP contribution in [0.3, 0.4) is 0 Å². The molecule has 0 aliphatic rings. The molecule has 1 N–H and O–H groups in total. The molecule has 0 bridgehead atoms. The predicted octanol–water partition coefficient (Wildman–Crippen LogP) is 7.72. The zero-order chi connectivity index (χ0) is 14.5. The van der Waals surface area contributed by atoms with Crippen LogP contribution in [0.1, 0.15) is 0 Å². The Balaban J connectivity index is 5.73. The summed E-state index contributed by atoms with van der Waals surface area (Å²) in [7, 11) is 0. The molecule has 104 valence electrons. The first-order chi connectivity index (χ1) is 7.00. The maximum Gasteiger partial charge on any atom is 0.181 e. The van der Waals surface area contributed by atoms with Crippen molar-refractivity contribution in [1.29, 1.82) is 0 Å². The van der Waals surface area contributed by atoms with Gasteiger partial charge in [0.1, 0.15) is 3.23 Å². The summed E-state index contributed by atoms with van der Waals surface area (Å²) in [6.07, 6.45) is 0. The van der Waals surface area contributed by atoms with E-state index in [2.05, 4.69) is 175 Å². The quantitative estimate of drug-likeness (QED) is 0.282. The van der Waals surface area contributed by atoms with Gasteiger partial charge in [-0.3, -0.25) is 0 Å². The second-order valence-corrected chi connectivity index (χ2v) is 24.3. The van der Waals surface area contributed by atoms with Gasteiger partial charge in [0.05, 0.1) is 0 Å². The fraction of sp³-hybridized carbons (Fsp3) is 1.00. The molecule has 1 atom stereocenters. The van der Waals surface area contributed by atoms with Crippen LogP contribution in [0.2, 0.25) is 0 Å². The topological polar surface area (TPSA) is 20.2 Å². The lowest BCUT2D eigenvalue weighted by Crippen LogP contribution is -2.61. The molecular weight excluding hydrogens is 955 g/mol. The number of hydrogen-bond donors (Lipinski definition) is 1. The van der Waals surface area contributed by atoms with E-state index in [-0.39, 0.29) is 0 Å². The molecule has 0 aliphatic carbocycles. The van der Waals surface area contributed by atoms with Crippen molar-refractivity contribution in [1.82, 2.24) is 0 Å². The van der Waals surface area contributed by atoms with Gasteiger partial charge in [-0.2, -0.15) is 0 Å². The molecule has 0 radical (unpaired) electrons. The highest BCUT2D eigenvalue weighted by Gasteiger charge is 2.69. The third-order valence-electron chi connectivity index (χ3n) is 1.54. The van der Waals surface area contributed by atoms with Gasteiger partial charge in [-0.1, -0.05) is 159 Å². The third kappa shape index (κ3) is 4.62. The number of rotatable bonds is 2. The number of hydrogen-bond acceptors (Lipinski definition) is 1. The van der Waals surface area contributed by atoms with Crippen molar-refractivity contribution >= 4 is 175 Å². The summed E-state index contributed by atoms with van der Waals surface area (Å²) in [5, 5.41) is 10.6. The average molecular weight is 956 g/mol. The van der Waals surface area contributed by atoms with Crippen molar-refractivity contribution in [2.75, 3.05) is 0 Å². The maximum atomic E-state index is 10.6. The number of halogens is 11. The Labute approximate surface area is 192 Å². The highest BCUT2D eigenvalue weighted by molar-refractivity contribution is 9.42. The van der Waals surface area contributed by atoms with E-state index in [1.807, 2.05) is 0 Å². The van der Waals surface area contributed by atoms with Crippen LogP contribution in [0.5, 0.6) is 0 Å². The molecular formula is C5HBr11O. The minimum Gasteiger partial charge on any atom is -0.373 e. The Hall–Kier alpha value is 5.24. The SMILES string of the molecule is OC(Br)(C(Br)(Br)Br)C(Br)(Br)C(Br)(Br)C(Br)(Br)Br. The number of alkyl halides is 11. The van der Waals surface area contributed by atoms with Crippen molar-refractivity contribution in [3.8, 4) is 0 Å². The molecule has 0 heterocycles. The second kappa shape index (κ2) is 7.01. The molecule has 0 aromatic heterocycles. The van der Waals surface area contributed by atoms with Gasteiger partial charge in [-0.05, 0) is 15.9 Å². The average Bonchev–Trinajstić information content (AvgIpc) is 1.98. The number of aliphatic hydroxyl groups is 1. The van der Waals surface area contributed by atoms with Gasteiger partial charge in [0, 0.05) is 0 Å². The maximum absolute atomic E-state index is 10.6. The molecule has 0 rings (SSSR count). The molecule has 0 spiro atoms. The molecule has 0 fully saturated rings. The summed E-state index contributed by atoms with van der Waals surface area (Å²) >= 11 is 37.1. The summed E-state index contributed by atoms with van der Waals surface area (Å²) in [5.74, 6) is 0. The van der Waals surface area contributed by atoms with E-state index in [0.717, 1.165) is 0 Å². The lowest BCUT2D eigenvalue weighted by molar-refractivity contribution is 0.148. The minimum atomic E-state index is -1.51. The molecule has 1 nitrogen and oxygen atoms in total. The molecule has 0 saturated heterocycles. The van der Waals surface area contributed by atoms with E-state index in [0.29, 0.717) is 0 Å². The molecule has 0 saturated carbocycles. The zero-order valence-electron chi connectivity index (χ0n) is 7.10. The summed E-state index contributed by atoms with van der Waals surface area (Å²) < 4.78 is -5.28. The predicted molar refractivity (Wildman–Crippen MR) is 114 cm³/mol. The van der Waals surface area contributed by atoms with Crippen molar-refractivity contribution < 1.29 is 5.11 Å². The molecule has 0 aromatic carbocycles. The van der Waals surface area contributed by atoms with Gasteiger partial charge in [0.15, 0.2) is 12.0 Å². The van der Waals surface area contributed by atoms with Gasteiger partial charge in [-0.15, -0.1) is 0 Å². The smallest absolute Gasteiger partial charge is 0.181 e. The normalized spacial score (nSPS) is 19.1. The van der Waals surface area contributed by atoms with Crippen LogP contribution in [-0.2, 0) is 0 Å². The van der Waals surface area contributed by atoms with E-state index in [1.165, 1.54) is 0 Å². The van der Waals surface area contributed by atoms with Gasteiger partial charge >= 0.3 is 0 Å². The van der Waals surface area contributed by atoms with Crippen LogP contribution in [0.25, 0.3) is 0 Å². The fourth-order valence-electron chi connectivity index (χ4n) is 0.564. The minimum absolute atomic E-state index is 0.771. The highest BCUT2D eigenvalue weighted by atomic mass is 80.0. The molecule has 0 aromatic rings. The Morgan fingerprint density at radius 3 is 0.941 bits per heavy atom. The van der Waals surface area contributed by atoms with Crippen LogP contribution < -0.4 is 0 Å². The van der Waals surface area contributed by atoms with Crippen molar-refractivity contribution in [3.63, 3.8) is 0 Å². The standard InChI is InChI=1S/C5HBr11O/c6-1(7,2(8,9)4(11,12)13)3(10,17)5(14,15)16/h17H. The van der Waals surface area contributed by atoms with Crippen LogP contribution in [-0.4, -0.2) is 20.4 Å². The Kier molecular flexibility index (Phi) is 9.17. The van der Waals surface area contributed by atoms with E-state index in [4.69, 9.17) is 0 Å². The van der Waals surface area contributed by atoms with Crippen molar-refractivity contribution in [3.05, 3.63) is 0 Å². The highest BCUT2D eigenvalue weighted by Crippen LogP contribution is 2.70. The molecule has 12 heteroatoms. The van der Waals surface area contributed by atoms with Crippen molar-refractivity contribution in [2.24, 2.45) is 0 Å². The van der Waals surface area contributed by atoms with Gasteiger partial charge < -0.3 is 5.11 Å². The summed E-state index contributed by atoms with van der Waals surface area (Å²) in [5.41, 5.74) is 0. The fourth-order valence-corrected chi connectivity index (χ4v) is 8.13. The lowest BCUT2D eigenvalue weighted by atomic mass is 10.2. The van der Waals surface area contributed by atoms with Crippen LogP contribution in [0.15, 0.2) is 0 Å². The van der Waals surface area contributed by atoms with Gasteiger partial charge in [0.2, 0.25) is 0 Å². The van der Waals surface area contributed by atoms with E-state index in [9.17, 15) is 5.11 Å². The largest absolute Gasteiger partial charge is 0.373 e. The zero-order valence-corrected chi connectivity index (χ0v) is 24.6. The summed E-state index contributed by atoms with van der Waals surface area (Å²) in [6.45, 7) is 0. The van der Waals surface area contributed by atoms with E-state index in [1.54, 1.807) is 0 Å². The third-order valence-corrected chi connectivity index (χ3v) is 18.9. The summed E-state index contributed by atoms with van der Waals surface area (Å²) in [6, 6.07) is 0. The van der Waals surface area contributed by atoms with E-state index < -0.39 is 15.3 Å². The molecule has 0 aliphatic heterocycles. The molecule has 17 heavy (non-hydrogen) atoms. The Bertz CT molecular complexity index is 255. The first-order valence-corrected chi connectivity index (χ1v) is 12.0. The molecule has 1 unspecified atom stereocenters. The van der Waals surface area contributed by atoms with Crippen molar-refractivity contribution in [2.45, 2.75) is 15.3 Å². The summed E-state index contributed by atoms with van der Waals surface area (Å²) in [4.78, 5) is 0. The van der Waals surface area contributed by atoms with Crippen LogP contribution in [0, 0.1) is 0 Å². The van der Waals surface area contributed by atoms with Crippen LogP contribution in [0.4, 0.5) is 0 Å². The van der Waals surface area contributed by atoms with Crippen LogP contribution >= 0.6 is 175 Å². The first-order valence-electron chi connectivity index (χ1n) is 3.30.